The van der Waals surface area contributed by atoms with Gasteiger partial charge in [-0.1, -0.05) is 24.3 Å². The number of benzene rings is 2. The van der Waals surface area contributed by atoms with Crippen LogP contribution in [0, 0.1) is 10.1 Å². The Morgan fingerprint density at radius 1 is 1.11 bits per heavy atom. The number of nitrogens with one attached hydrogen (secondary N) is 1. The monoisotopic (exact) mass is 370 g/mol. The van der Waals surface area contributed by atoms with E-state index in [9.17, 15) is 14.9 Å². The van der Waals surface area contributed by atoms with Crippen LogP contribution in [0.25, 0.3) is 0 Å². The Labute approximate surface area is 157 Å². The molecule has 0 saturated carbocycles. The van der Waals surface area contributed by atoms with E-state index in [4.69, 9.17) is 4.74 Å². The molecule has 3 rings (SSSR count). The zero-order chi connectivity index (χ0) is 19.2. The lowest BCUT2D eigenvalue weighted by atomic mass is 10.2. The molecule has 1 N–H and O–H groups in total. The smallest absolute Gasteiger partial charge is 0.310 e. The van der Waals surface area contributed by atoms with Crippen LogP contribution in [0.3, 0.4) is 0 Å². The maximum Gasteiger partial charge on any atom is 0.310 e. The number of likely N-dealkylation sites (N-methyl/N-ethyl adjacent to an activating group) is 1. The van der Waals surface area contributed by atoms with Gasteiger partial charge in [0.25, 0.3) is 5.91 Å². The highest BCUT2D eigenvalue weighted by Crippen LogP contribution is 2.27. The molecular weight excluding hydrogens is 348 g/mol. The van der Waals surface area contributed by atoms with Gasteiger partial charge in [-0.05, 0) is 25.2 Å². The van der Waals surface area contributed by atoms with Crippen molar-refractivity contribution < 1.29 is 14.5 Å². The first-order valence-electron chi connectivity index (χ1n) is 8.73. The predicted octanol–water partition coefficient (Wildman–Crippen LogP) is 2.36. The van der Waals surface area contributed by atoms with Crippen LogP contribution < -0.4 is 15.0 Å². The van der Waals surface area contributed by atoms with E-state index in [-0.39, 0.29) is 24.0 Å². The van der Waals surface area contributed by atoms with Gasteiger partial charge in [0.15, 0.2) is 12.4 Å². The second kappa shape index (κ2) is 8.50. The van der Waals surface area contributed by atoms with Crippen molar-refractivity contribution in [1.29, 1.82) is 0 Å². The van der Waals surface area contributed by atoms with Gasteiger partial charge in [0.1, 0.15) is 0 Å². The Morgan fingerprint density at radius 3 is 2.52 bits per heavy atom. The molecule has 8 heteroatoms. The molecule has 2 aromatic rings. The van der Waals surface area contributed by atoms with Crippen molar-refractivity contribution in [3.05, 3.63) is 58.6 Å². The predicted molar refractivity (Wildman–Crippen MR) is 103 cm³/mol. The third-order valence-corrected chi connectivity index (χ3v) is 4.44. The number of nitro benzene ring substituents is 1. The fraction of sp³-hybridized carbons (Fsp3) is 0.316. The van der Waals surface area contributed by atoms with Crippen LogP contribution in [0.5, 0.6) is 5.75 Å². The van der Waals surface area contributed by atoms with E-state index in [1.165, 1.54) is 12.1 Å². The summed E-state index contributed by atoms with van der Waals surface area (Å²) in [6.07, 6.45) is 0. The normalized spacial score (nSPS) is 14.6. The third kappa shape index (κ3) is 4.73. The van der Waals surface area contributed by atoms with Crippen LogP contribution in [-0.4, -0.2) is 55.6 Å². The molecule has 0 unspecified atom stereocenters. The number of nitrogens with zero attached hydrogens (tertiary/aromatic N) is 3. The van der Waals surface area contributed by atoms with E-state index in [2.05, 4.69) is 22.2 Å². The molecule has 1 fully saturated rings. The lowest BCUT2D eigenvalue weighted by Gasteiger charge is -2.35. The van der Waals surface area contributed by atoms with Gasteiger partial charge in [-0.2, -0.15) is 0 Å². The first-order chi connectivity index (χ1) is 13.0. The minimum Gasteiger partial charge on any atom is -0.477 e. The molecule has 0 bridgehead atoms. The minimum absolute atomic E-state index is 0.0741. The molecule has 8 nitrogen and oxygen atoms in total. The van der Waals surface area contributed by atoms with E-state index in [1.54, 1.807) is 12.1 Å². The van der Waals surface area contributed by atoms with Gasteiger partial charge >= 0.3 is 5.69 Å². The number of carbonyl (C=O) groups excluding carboxylic acids is 1. The number of amides is 1. The number of para-hydroxylation sites is 4. The lowest BCUT2D eigenvalue weighted by molar-refractivity contribution is -0.385. The average Bonchev–Trinajstić information content (AvgIpc) is 2.68. The number of carbonyl (C=O) groups is 1. The zero-order valence-corrected chi connectivity index (χ0v) is 15.1. The van der Waals surface area contributed by atoms with E-state index in [1.807, 2.05) is 24.3 Å². The molecule has 1 amide bonds. The summed E-state index contributed by atoms with van der Waals surface area (Å²) in [6.45, 7) is 3.39. The summed E-state index contributed by atoms with van der Waals surface area (Å²) in [7, 11) is 2.09. The molecular formula is C19H22N4O4. The first kappa shape index (κ1) is 18.7. The van der Waals surface area contributed by atoms with Crippen LogP contribution in [0.15, 0.2) is 48.5 Å². The minimum atomic E-state index is -0.532. The fourth-order valence-corrected chi connectivity index (χ4v) is 2.96. The summed E-state index contributed by atoms with van der Waals surface area (Å²) in [6, 6.07) is 13.6. The molecule has 0 aromatic heterocycles. The maximum atomic E-state index is 12.3. The number of hydrogen-bond donors (Lipinski definition) is 1. The number of anilines is 2. The van der Waals surface area contributed by atoms with Gasteiger partial charge in [0.05, 0.1) is 16.3 Å². The Bertz CT molecular complexity index is 819. The van der Waals surface area contributed by atoms with Crippen LogP contribution >= 0.6 is 0 Å². The highest BCUT2D eigenvalue weighted by atomic mass is 16.6. The van der Waals surface area contributed by atoms with Crippen molar-refractivity contribution >= 4 is 23.0 Å². The Morgan fingerprint density at radius 2 is 1.78 bits per heavy atom. The van der Waals surface area contributed by atoms with Crippen molar-refractivity contribution in [2.45, 2.75) is 0 Å². The van der Waals surface area contributed by atoms with Crippen LogP contribution in [0.2, 0.25) is 0 Å². The van der Waals surface area contributed by atoms with Crippen LogP contribution in [-0.2, 0) is 4.79 Å². The number of hydrogen-bond acceptors (Lipinski definition) is 6. The van der Waals surface area contributed by atoms with Crippen molar-refractivity contribution in [3.8, 4) is 5.75 Å². The summed E-state index contributed by atoms with van der Waals surface area (Å²) in [4.78, 5) is 27.3. The van der Waals surface area contributed by atoms with Crippen molar-refractivity contribution in [3.63, 3.8) is 0 Å². The van der Waals surface area contributed by atoms with Gasteiger partial charge in [0, 0.05) is 32.2 Å². The zero-order valence-electron chi connectivity index (χ0n) is 15.1. The molecule has 1 aliphatic heterocycles. The molecule has 1 heterocycles. The summed E-state index contributed by atoms with van der Waals surface area (Å²) >= 11 is 0. The topological polar surface area (TPSA) is 88.0 Å². The van der Waals surface area contributed by atoms with Gasteiger partial charge in [0.2, 0.25) is 0 Å². The van der Waals surface area contributed by atoms with Crippen molar-refractivity contribution in [2.75, 3.05) is 50.1 Å². The summed E-state index contributed by atoms with van der Waals surface area (Å²) in [5.41, 5.74) is 1.51. The summed E-state index contributed by atoms with van der Waals surface area (Å²) in [5.74, 6) is -0.292. The van der Waals surface area contributed by atoms with Gasteiger partial charge in [-0.3, -0.25) is 14.9 Å². The van der Waals surface area contributed by atoms with E-state index in [0.29, 0.717) is 5.69 Å². The molecule has 27 heavy (non-hydrogen) atoms. The number of ether oxygens (including phenoxy) is 1. The Kier molecular flexibility index (Phi) is 5.87. The largest absolute Gasteiger partial charge is 0.477 e. The second-order valence-electron chi connectivity index (χ2n) is 6.37. The Hall–Kier alpha value is -3.13. The number of piperazine rings is 1. The van der Waals surface area contributed by atoms with E-state index < -0.39 is 4.92 Å². The number of rotatable bonds is 6. The highest BCUT2D eigenvalue weighted by molar-refractivity contribution is 5.95. The van der Waals surface area contributed by atoms with Gasteiger partial charge in [-0.15, -0.1) is 0 Å². The second-order valence-corrected chi connectivity index (χ2v) is 6.37. The van der Waals surface area contributed by atoms with Crippen LogP contribution in [0.4, 0.5) is 17.1 Å². The SMILES string of the molecule is CN1CCN(c2ccccc2NC(=O)COc2ccccc2[N+](=O)[O-])CC1. The molecule has 1 aliphatic rings. The molecule has 0 aliphatic carbocycles. The van der Waals surface area contributed by atoms with E-state index in [0.717, 1.165) is 31.9 Å². The average molecular weight is 370 g/mol. The van der Waals surface area contributed by atoms with Crippen LogP contribution in [0.1, 0.15) is 0 Å². The van der Waals surface area contributed by atoms with Gasteiger partial charge < -0.3 is 19.9 Å². The molecule has 0 atom stereocenters. The third-order valence-electron chi connectivity index (χ3n) is 4.44. The molecule has 142 valence electrons. The quantitative estimate of drug-likeness (QED) is 0.620. The van der Waals surface area contributed by atoms with Gasteiger partial charge in [-0.25, -0.2) is 0 Å². The van der Waals surface area contributed by atoms with Crippen molar-refractivity contribution in [2.24, 2.45) is 0 Å². The fourth-order valence-electron chi connectivity index (χ4n) is 2.96. The molecule has 0 radical (unpaired) electrons. The first-order valence-corrected chi connectivity index (χ1v) is 8.73. The molecule has 2 aromatic carbocycles. The Balaban J connectivity index is 1.64. The molecule has 1 saturated heterocycles. The molecule has 0 spiro atoms. The van der Waals surface area contributed by atoms with E-state index >= 15 is 0 Å². The summed E-state index contributed by atoms with van der Waals surface area (Å²) in [5, 5.41) is 13.9. The highest BCUT2D eigenvalue weighted by Gasteiger charge is 2.19. The standard InChI is InChI=1S/C19H22N4O4/c1-21-10-12-22(13-11-21)16-7-3-2-6-15(16)20-19(24)14-27-18-9-5-4-8-17(18)23(25)26/h2-9H,10-14H2,1H3,(H,20,24). The number of nitro groups is 1. The lowest BCUT2D eigenvalue weighted by Crippen LogP contribution is -2.44. The summed E-state index contributed by atoms with van der Waals surface area (Å²) < 4.78 is 5.36. The van der Waals surface area contributed by atoms with Crippen molar-refractivity contribution in [1.82, 2.24) is 4.90 Å². The maximum absolute atomic E-state index is 12.3.